The summed E-state index contributed by atoms with van der Waals surface area (Å²) in [4.78, 5) is 3.87. The number of ether oxygens (including phenoxy) is 1. The zero-order chi connectivity index (χ0) is 9.84. The summed E-state index contributed by atoms with van der Waals surface area (Å²) in [7, 11) is 0. The molecule has 0 spiro atoms. The molecule has 1 rings (SSSR count). The first-order chi connectivity index (χ1) is 6.09. The highest BCUT2D eigenvalue weighted by Gasteiger charge is 2.03. The maximum absolute atomic E-state index is 8.94. The number of hydrogen-bond donors (Lipinski definition) is 3. The summed E-state index contributed by atoms with van der Waals surface area (Å²) in [5.41, 5.74) is 11.9. The van der Waals surface area contributed by atoms with Crippen molar-refractivity contribution in [2.45, 2.75) is 13.0 Å². The van der Waals surface area contributed by atoms with Gasteiger partial charge in [-0.15, -0.1) is 0 Å². The molecule has 0 saturated heterocycles. The van der Waals surface area contributed by atoms with Crippen LogP contribution in [0, 0.1) is 0 Å². The van der Waals surface area contributed by atoms with Crippen LogP contribution in [0.4, 0.5) is 11.4 Å². The molecule has 1 heterocycles. The fraction of sp³-hybridized carbons (Fsp3) is 0.375. The van der Waals surface area contributed by atoms with Crippen LogP contribution in [-0.4, -0.2) is 22.8 Å². The van der Waals surface area contributed by atoms with Crippen molar-refractivity contribution in [2.24, 2.45) is 0 Å². The molecule has 0 aromatic carbocycles. The van der Waals surface area contributed by atoms with Crippen LogP contribution in [0.2, 0.25) is 0 Å². The Bertz CT molecular complexity index is 289. The number of hydrogen-bond acceptors (Lipinski definition) is 5. The van der Waals surface area contributed by atoms with Crippen LogP contribution in [0.3, 0.4) is 0 Å². The minimum absolute atomic E-state index is 0.168. The molecule has 0 amide bonds. The smallest absolute Gasteiger partial charge is 0.237 e. The monoisotopic (exact) mass is 183 g/mol. The molecule has 0 aliphatic rings. The molecule has 0 aliphatic carbocycles. The van der Waals surface area contributed by atoms with Gasteiger partial charge < -0.3 is 21.3 Å². The number of aliphatic hydroxyl groups is 1. The van der Waals surface area contributed by atoms with Crippen molar-refractivity contribution in [2.75, 3.05) is 18.1 Å². The second kappa shape index (κ2) is 3.95. The summed E-state index contributed by atoms with van der Waals surface area (Å²) >= 11 is 0. The van der Waals surface area contributed by atoms with Gasteiger partial charge in [-0.2, -0.15) is 0 Å². The molecule has 5 heteroatoms. The fourth-order valence-corrected chi connectivity index (χ4v) is 0.806. The van der Waals surface area contributed by atoms with Crippen molar-refractivity contribution in [3.05, 3.63) is 12.3 Å². The highest BCUT2D eigenvalue weighted by Crippen LogP contribution is 2.19. The molecule has 1 aromatic rings. The van der Waals surface area contributed by atoms with Gasteiger partial charge in [0.1, 0.15) is 6.61 Å². The first kappa shape index (κ1) is 9.60. The Morgan fingerprint density at radius 1 is 1.62 bits per heavy atom. The Morgan fingerprint density at radius 3 is 2.85 bits per heavy atom. The molecule has 1 atom stereocenters. The van der Waals surface area contributed by atoms with E-state index in [1.54, 1.807) is 13.0 Å². The molecule has 72 valence electrons. The van der Waals surface area contributed by atoms with E-state index in [0.29, 0.717) is 17.3 Å². The summed E-state index contributed by atoms with van der Waals surface area (Å²) in [6.45, 7) is 1.79. The van der Waals surface area contributed by atoms with Gasteiger partial charge in [0.25, 0.3) is 0 Å². The van der Waals surface area contributed by atoms with E-state index in [1.807, 2.05) is 0 Å². The number of pyridine rings is 1. The molecule has 5 N–H and O–H groups in total. The second-order valence-electron chi connectivity index (χ2n) is 2.82. The van der Waals surface area contributed by atoms with Gasteiger partial charge in [0, 0.05) is 0 Å². The van der Waals surface area contributed by atoms with Crippen LogP contribution in [0.15, 0.2) is 12.3 Å². The lowest BCUT2D eigenvalue weighted by molar-refractivity contribution is 0.120. The van der Waals surface area contributed by atoms with Crippen LogP contribution in [0.25, 0.3) is 0 Å². The van der Waals surface area contributed by atoms with Gasteiger partial charge in [-0.05, 0) is 13.0 Å². The zero-order valence-electron chi connectivity index (χ0n) is 7.40. The number of nitrogen functional groups attached to an aromatic ring is 2. The predicted octanol–water partition coefficient (Wildman–Crippen LogP) is 0.00560. The summed E-state index contributed by atoms with van der Waals surface area (Å²) in [5, 5.41) is 8.94. The highest BCUT2D eigenvalue weighted by atomic mass is 16.5. The largest absolute Gasteiger partial charge is 0.473 e. The van der Waals surface area contributed by atoms with Gasteiger partial charge >= 0.3 is 0 Å². The minimum atomic E-state index is -0.543. The van der Waals surface area contributed by atoms with Crippen LogP contribution in [0.5, 0.6) is 5.88 Å². The van der Waals surface area contributed by atoms with E-state index >= 15 is 0 Å². The van der Waals surface area contributed by atoms with Crippen molar-refractivity contribution in [3.8, 4) is 5.88 Å². The van der Waals surface area contributed by atoms with Gasteiger partial charge in [-0.3, -0.25) is 0 Å². The first-order valence-corrected chi connectivity index (χ1v) is 3.91. The molecule has 0 saturated carbocycles. The van der Waals surface area contributed by atoms with Crippen molar-refractivity contribution < 1.29 is 9.84 Å². The number of rotatable bonds is 3. The van der Waals surface area contributed by atoms with Gasteiger partial charge in [-0.1, -0.05) is 0 Å². The van der Waals surface area contributed by atoms with Gasteiger partial charge in [0.2, 0.25) is 5.88 Å². The van der Waals surface area contributed by atoms with Crippen molar-refractivity contribution in [3.63, 3.8) is 0 Å². The van der Waals surface area contributed by atoms with Crippen molar-refractivity contribution in [1.82, 2.24) is 4.98 Å². The van der Waals surface area contributed by atoms with Crippen molar-refractivity contribution >= 4 is 11.4 Å². The van der Waals surface area contributed by atoms with E-state index in [2.05, 4.69) is 4.98 Å². The Hall–Kier alpha value is -1.49. The van der Waals surface area contributed by atoms with Crippen LogP contribution in [0.1, 0.15) is 6.92 Å². The van der Waals surface area contributed by atoms with Gasteiger partial charge in [-0.25, -0.2) is 4.98 Å². The topological polar surface area (TPSA) is 94.4 Å². The fourth-order valence-electron chi connectivity index (χ4n) is 0.806. The number of aromatic nitrogens is 1. The molecule has 1 aromatic heterocycles. The number of nitrogens with two attached hydrogens (primary N) is 2. The van der Waals surface area contributed by atoms with Gasteiger partial charge in [0.05, 0.1) is 23.7 Å². The maximum atomic E-state index is 8.94. The molecule has 13 heavy (non-hydrogen) atoms. The van der Waals surface area contributed by atoms with Gasteiger partial charge in [0.15, 0.2) is 0 Å². The molecule has 0 radical (unpaired) electrons. The van der Waals surface area contributed by atoms with Crippen LogP contribution in [-0.2, 0) is 0 Å². The number of aliphatic hydroxyl groups excluding tert-OH is 1. The zero-order valence-corrected chi connectivity index (χ0v) is 7.40. The summed E-state index contributed by atoms with van der Waals surface area (Å²) in [5.74, 6) is 0.301. The minimum Gasteiger partial charge on any atom is -0.473 e. The third-order valence-corrected chi connectivity index (χ3v) is 1.36. The third-order valence-electron chi connectivity index (χ3n) is 1.36. The lowest BCUT2D eigenvalue weighted by Crippen LogP contribution is -2.14. The SMILES string of the molecule is CC(O)COc1ncc(N)cc1N. The van der Waals surface area contributed by atoms with Crippen molar-refractivity contribution in [1.29, 1.82) is 0 Å². The first-order valence-electron chi connectivity index (χ1n) is 3.91. The lowest BCUT2D eigenvalue weighted by atomic mass is 10.4. The summed E-state index contributed by atoms with van der Waals surface area (Å²) < 4.78 is 5.11. The lowest BCUT2D eigenvalue weighted by Gasteiger charge is -2.09. The van der Waals surface area contributed by atoms with E-state index in [9.17, 15) is 0 Å². The Kier molecular flexibility index (Phi) is 2.92. The average Bonchev–Trinajstić information content (AvgIpc) is 2.02. The molecule has 0 aliphatic heterocycles. The molecular weight excluding hydrogens is 170 g/mol. The molecule has 1 unspecified atom stereocenters. The molecule has 5 nitrogen and oxygen atoms in total. The summed E-state index contributed by atoms with van der Waals surface area (Å²) in [6.07, 6.45) is 0.909. The third kappa shape index (κ3) is 2.79. The molecule has 0 fully saturated rings. The Balaban J connectivity index is 2.67. The van der Waals surface area contributed by atoms with E-state index < -0.39 is 6.10 Å². The van der Waals surface area contributed by atoms with Crippen LogP contribution < -0.4 is 16.2 Å². The number of nitrogens with zero attached hydrogens (tertiary/aromatic N) is 1. The van der Waals surface area contributed by atoms with E-state index in [-0.39, 0.29) is 6.61 Å². The van der Waals surface area contributed by atoms with Crippen LogP contribution >= 0.6 is 0 Å². The molecule has 0 bridgehead atoms. The normalized spacial score (nSPS) is 12.5. The standard InChI is InChI=1S/C8H13N3O2/c1-5(12)4-13-8-7(10)2-6(9)3-11-8/h2-3,5,12H,4,9-10H2,1H3. The second-order valence-corrected chi connectivity index (χ2v) is 2.82. The average molecular weight is 183 g/mol. The molecular formula is C8H13N3O2. The highest BCUT2D eigenvalue weighted by molar-refractivity contribution is 5.55. The Labute approximate surface area is 76.3 Å². The van der Waals surface area contributed by atoms with E-state index in [0.717, 1.165) is 0 Å². The van der Waals surface area contributed by atoms with E-state index in [4.69, 9.17) is 21.3 Å². The Morgan fingerprint density at radius 2 is 2.31 bits per heavy atom. The predicted molar refractivity (Wildman–Crippen MR) is 50.2 cm³/mol. The quantitative estimate of drug-likeness (QED) is 0.613. The summed E-state index contributed by atoms with van der Waals surface area (Å²) in [6, 6.07) is 1.56. The number of anilines is 2. The maximum Gasteiger partial charge on any atom is 0.237 e. The van der Waals surface area contributed by atoms with E-state index in [1.165, 1.54) is 6.20 Å².